The van der Waals surface area contributed by atoms with Crippen LogP contribution in [0.4, 0.5) is 27.5 Å². The zero-order valence-corrected chi connectivity index (χ0v) is 36.7. The van der Waals surface area contributed by atoms with E-state index in [4.69, 9.17) is 24.7 Å². The predicted molar refractivity (Wildman–Crippen MR) is 236 cm³/mol. The molecule has 0 aliphatic carbocycles. The minimum absolute atomic E-state index is 0.185. The monoisotopic (exact) mass is 937 g/mol. The number of amides is 3. The second-order valence-corrected chi connectivity index (χ2v) is 16.0. The molecule has 2 aromatic heterocycles. The van der Waals surface area contributed by atoms with Gasteiger partial charge in [-0.2, -0.15) is 4.98 Å². The number of hydrogen-bond acceptors (Lipinski definition) is 14. The maximum atomic E-state index is 14.3. The molecule has 6 N–H and O–H groups in total. The summed E-state index contributed by atoms with van der Waals surface area (Å²) in [5.74, 6) is -1.78. The van der Waals surface area contributed by atoms with Crippen molar-refractivity contribution in [3.63, 3.8) is 0 Å². The standard InChI is InChI=1S/C42H49BrFN9O8S/c1-26-24-28(11-12-31(26)49-41-46-25-29(43)39(51-41)48-32-9-4-8-30(44)36(32)38(45)55)62-47-15-17-59-19-21-61-23-22-60-20-18-58-16-5-7-27-6-3-10-33-37(27)52(2)42(57)53(33)34-13-14-35(54)50-40(34)56/h3-4,6,8-12,24-25,34,47H,5,7,13-23H2,1-2H3,(H2,45,55)(H,50,54,56)(H2,46,48,49,51). The van der Waals surface area contributed by atoms with Crippen LogP contribution in [0, 0.1) is 12.7 Å². The average Bonchev–Trinajstić information content (AvgIpc) is 3.49. The molecule has 1 atom stereocenters. The molecular weight excluding hydrogens is 889 g/mol. The number of rotatable bonds is 24. The van der Waals surface area contributed by atoms with E-state index in [9.17, 15) is 23.6 Å². The largest absolute Gasteiger partial charge is 0.379 e. The van der Waals surface area contributed by atoms with Crippen molar-refractivity contribution in [1.82, 2.24) is 29.1 Å². The third kappa shape index (κ3) is 12.2. The Morgan fingerprint density at radius 1 is 0.952 bits per heavy atom. The molecule has 3 heterocycles. The highest BCUT2D eigenvalue weighted by Gasteiger charge is 2.31. The van der Waals surface area contributed by atoms with Crippen LogP contribution in [0.3, 0.4) is 0 Å². The van der Waals surface area contributed by atoms with Gasteiger partial charge >= 0.3 is 5.69 Å². The minimum Gasteiger partial charge on any atom is -0.379 e. The number of carbonyl (C=O) groups is 3. The van der Waals surface area contributed by atoms with E-state index >= 15 is 0 Å². The van der Waals surface area contributed by atoms with Crippen LogP contribution in [-0.2, 0) is 42.0 Å². The molecule has 17 nitrogen and oxygen atoms in total. The molecule has 1 fully saturated rings. The molecule has 330 valence electrons. The van der Waals surface area contributed by atoms with Gasteiger partial charge in [-0.1, -0.05) is 18.2 Å². The highest BCUT2D eigenvalue weighted by Crippen LogP contribution is 2.30. The van der Waals surface area contributed by atoms with E-state index < -0.39 is 23.7 Å². The van der Waals surface area contributed by atoms with E-state index in [1.807, 2.05) is 43.3 Å². The number of hydrogen-bond donors (Lipinski definition) is 5. The highest BCUT2D eigenvalue weighted by molar-refractivity contribution is 9.10. The number of aryl methyl sites for hydroxylation is 3. The summed E-state index contributed by atoms with van der Waals surface area (Å²) in [6.45, 7) is 6.33. The summed E-state index contributed by atoms with van der Waals surface area (Å²) in [5.41, 5.74) is 9.24. The number of halogens is 2. The van der Waals surface area contributed by atoms with E-state index in [1.54, 1.807) is 17.8 Å². The van der Waals surface area contributed by atoms with E-state index in [0.29, 0.717) is 94.0 Å². The van der Waals surface area contributed by atoms with Crippen LogP contribution in [0.25, 0.3) is 11.0 Å². The number of fused-ring (bicyclic) bond motifs is 1. The molecule has 0 saturated carbocycles. The van der Waals surface area contributed by atoms with Gasteiger partial charge in [0.2, 0.25) is 17.8 Å². The zero-order valence-electron chi connectivity index (χ0n) is 34.3. The summed E-state index contributed by atoms with van der Waals surface area (Å²) in [6.07, 6.45) is 3.48. The number of nitrogens with zero attached hydrogens (tertiary/aromatic N) is 4. The molecule has 3 aromatic carbocycles. The summed E-state index contributed by atoms with van der Waals surface area (Å²) >= 11 is 4.88. The van der Waals surface area contributed by atoms with Gasteiger partial charge in [-0.05, 0) is 102 Å². The maximum absolute atomic E-state index is 14.3. The summed E-state index contributed by atoms with van der Waals surface area (Å²) in [6, 6.07) is 15.1. The Balaban J connectivity index is 0.786. The molecule has 6 rings (SSSR count). The molecule has 1 aliphatic rings. The van der Waals surface area contributed by atoms with E-state index in [2.05, 4.69) is 46.6 Å². The number of para-hydroxylation sites is 1. The van der Waals surface area contributed by atoms with Gasteiger partial charge in [-0.15, -0.1) is 0 Å². The lowest BCUT2D eigenvalue weighted by molar-refractivity contribution is -0.135. The van der Waals surface area contributed by atoms with Crippen molar-refractivity contribution in [2.75, 3.05) is 70.0 Å². The fraction of sp³-hybridized carbons (Fsp3) is 0.381. The van der Waals surface area contributed by atoms with Crippen molar-refractivity contribution in [3.05, 3.63) is 98.3 Å². The van der Waals surface area contributed by atoms with E-state index in [0.717, 1.165) is 39.7 Å². The second kappa shape index (κ2) is 22.7. The molecule has 1 saturated heterocycles. The van der Waals surface area contributed by atoms with Crippen LogP contribution >= 0.6 is 27.9 Å². The number of aromatic nitrogens is 4. The number of ether oxygens (including phenoxy) is 4. The Bertz CT molecular complexity index is 2430. The fourth-order valence-electron chi connectivity index (χ4n) is 6.81. The lowest BCUT2D eigenvalue weighted by Crippen LogP contribution is -2.44. The van der Waals surface area contributed by atoms with Crippen molar-refractivity contribution < 1.29 is 37.7 Å². The van der Waals surface area contributed by atoms with Gasteiger partial charge < -0.3 is 35.3 Å². The number of carbonyl (C=O) groups excluding carboxylic acids is 3. The molecule has 1 unspecified atom stereocenters. The Morgan fingerprint density at radius 3 is 2.37 bits per heavy atom. The van der Waals surface area contributed by atoms with Crippen molar-refractivity contribution in [3.8, 4) is 0 Å². The van der Waals surface area contributed by atoms with E-state index in [1.165, 1.54) is 28.6 Å². The van der Waals surface area contributed by atoms with Crippen LogP contribution in [0.1, 0.15) is 46.8 Å². The Morgan fingerprint density at radius 2 is 1.66 bits per heavy atom. The van der Waals surface area contributed by atoms with Crippen LogP contribution in [-0.4, -0.2) is 96.2 Å². The predicted octanol–water partition coefficient (Wildman–Crippen LogP) is 5.20. The number of nitrogens with one attached hydrogen (secondary N) is 4. The van der Waals surface area contributed by atoms with Gasteiger partial charge in [-0.3, -0.25) is 33.6 Å². The van der Waals surface area contributed by atoms with Crippen LogP contribution in [0.15, 0.2) is 75.0 Å². The van der Waals surface area contributed by atoms with Crippen LogP contribution < -0.4 is 32.1 Å². The molecular formula is C42H49BrFN9O8S. The Hall–Kier alpha value is -5.22. The number of primary amides is 1. The number of imide groups is 1. The number of benzene rings is 3. The molecule has 62 heavy (non-hydrogen) atoms. The average molecular weight is 939 g/mol. The van der Waals surface area contributed by atoms with Gasteiger partial charge in [-0.25, -0.2) is 14.2 Å². The zero-order chi connectivity index (χ0) is 44.0. The first-order valence-electron chi connectivity index (χ1n) is 20.0. The van der Waals surface area contributed by atoms with Gasteiger partial charge in [0.25, 0.3) is 5.91 Å². The first kappa shape index (κ1) is 46.3. The minimum atomic E-state index is -0.897. The summed E-state index contributed by atoms with van der Waals surface area (Å²) in [7, 11) is 1.70. The SMILES string of the molecule is Cc1cc(SNCCOCCOCCOCCOCCCc2cccc3c2n(C)c(=O)n3C2CCC(=O)NC2=O)ccc1Nc1ncc(Br)c(Nc2cccc(F)c2C(N)=O)n1. The molecule has 0 spiro atoms. The lowest BCUT2D eigenvalue weighted by Gasteiger charge is -2.21. The van der Waals surface area contributed by atoms with Crippen molar-refractivity contribution in [1.29, 1.82) is 0 Å². The van der Waals surface area contributed by atoms with Crippen molar-refractivity contribution in [2.45, 2.75) is 43.5 Å². The fourth-order valence-corrected chi connectivity index (χ4v) is 7.82. The number of imidazole rings is 1. The molecule has 0 bridgehead atoms. The van der Waals surface area contributed by atoms with Gasteiger partial charge in [0.15, 0.2) is 0 Å². The normalized spacial score (nSPS) is 14.0. The van der Waals surface area contributed by atoms with Gasteiger partial charge in [0, 0.05) is 43.4 Å². The maximum Gasteiger partial charge on any atom is 0.329 e. The molecule has 0 radical (unpaired) electrons. The molecule has 3 amide bonds. The lowest BCUT2D eigenvalue weighted by atomic mass is 10.0. The van der Waals surface area contributed by atoms with Gasteiger partial charge in [0.1, 0.15) is 17.7 Å². The molecule has 5 aromatic rings. The van der Waals surface area contributed by atoms with Crippen LogP contribution in [0.5, 0.6) is 0 Å². The highest BCUT2D eigenvalue weighted by atomic mass is 79.9. The number of nitrogens with two attached hydrogens (primary N) is 1. The molecule has 1 aliphatic heterocycles. The first-order valence-corrected chi connectivity index (χ1v) is 21.6. The smallest absolute Gasteiger partial charge is 0.329 e. The quantitative estimate of drug-likeness (QED) is 0.0306. The topological polar surface area (TPSA) is 215 Å². The van der Waals surface area contributed by atoms with Crippen molar-refractivity contribution in [2.24, 2.45) is 12.8 Å². The Labute approximate surface area is 369 Å². The van der Waals surface area contributed by atoms with Gasteiger partial charge in [0.05, 0.1) is 73.0 Å². The van der Waals surface area contributed by atoms with Crippen molar-refractivity contribution >= 4 is 79.8 Å². The summed E-state index contributed by atoms with van der Waals surface area (Å²) in [4.78, 5) is 58.9. The first-order chi connectivity index (χ1) is 30.0. The third-order valence-corrected chi connectivity index (χ3v) is 11.2. The second-order valence-electron chi connectivity index (χ2n) is 14.2. The third-order valence-electron chi connectivity index (χ3n) is 9.80. The number of anilines is 4. The molecule has 20 heteroatoms. The Kier molecular flexibility index (Phi) is 17.0. The van der Waals surface area contributed by atoms with E-state index in [-0.39, 0.29) is 29.3 Å². The van der Waals surface area contributed by atoms with Crippen LogP contribution in [0.2, 0.25) is 0 Å². The summed E-state index contributed by atoms with van der Waals surface area (Å²) in [5, 5.41) is 8.50. The summed E-state index contributed by atoms with van der Waals surface area (Å²) < 4.78 is 43.8. The number of piperidine rings is 1.